The summed E-state index contributed by atoms with van der Waals surface area (Å²) in [4.78, 5) is 0. The van der Waals surface area contributed by atoms with Crippen molar-refractivity contribution in [2.75, 3.05) is 0 Å². The zero-order chi connectivity index (χ0) is 18.3. The van der Waals surface area contributed by atoms with Crippen LogP contribution in [0, 0.1) is 0 Å². The predicted octanol–water partition coefficient (Wildman–Crippen LogP) is 5.66. The van der Waals surface area contributed by atoms with Gasteiger partial charge in [0.15, 0.2) is 0 Å². The quantitative estimate of drug-likeness (QED) is 0.422. The Morgan fingerprint density at radius 1 is 0.808 bits per heavy atom. The lowest BCUT2D eigenvalue weighted by Gasteiger charge is -2.29. The molecule has 0 saturated carbocycles. The zero-order valence-corrected chi connectivity index (χ0v) is 16.3. The first-order valence-corrected chi connectivity index (χ1v) is 9.47. The molecule has 0 aliphatic heterocycles. The SMILES string of the molecule is Cn1cc(C2(C)CC(C)(C)c3c2n(C)c2ccccc32)c2ccccc21. The van der Waals surface area contributed by atoms with Gasteiger partial charge in [0.1, 0.15) is 0 Å². The highest BCUT2D eigenvalue weighted by Crippen LogP contribution is 2.56. The highest BCUT2D eigenvalue weighted by molar-refractivity contribution is 5.91. The second-order valence-corrected chi connectivity index (χ2v) is 8.86. The maximum Gasteiger partial charge on any atom is 0.0483 e. The van der Waals surface area contributed by atoms with Gasteiger partial charge in [0.2, 0.25) is 0 Å². The van der Waals surface area contributed by atoms with Gasteiger partial charge < -0.3 is 9.13 Å². The molecule has 2 aromatic carbocycles. The number of benzene rings is 2. The molecule has 1 atom stereocenters. The third-order valence-corrected chi connectivity index (χ3v) is 6.59. The summed E-state index contributed by atoms with van der Waals surface area (Å²) in [5.74, 6) is 0. The van der Waals surface area contributed by atoms with Gasteiger partial charge in [0, 0.05) is 53.2 Å². The van der Waals surface area contributed by atoms with Crippen LogP contribution in [0.15, 0.2) is 54.7 Å². The van der Waals surface area contributed by atoms with E-state index < -0.39 is 0 Å². The first kappa shape index (κ1) is 15.7. The Labute approximate surface area is 155 Å². The molecule has 2 nitrogen and oxygen atoms in total. The second kappa shape index (κ2) is 4.82. The van der Waals surface area contributed by atoms with Crippen LogP contribution in [0.25, 0.3) is 21.8 Å². The summed E-state index contributed by atoms with van der Waals surface area (Å²) in [6.45, 7) is 7.27. The number of nitrogens with zero attached hydrogens (tertiary/aromatic N) is 2. The lowest BCUT2D eigenvalue weighted by molar-refractivity contribution is 0.419. The molecule has 0 bridgehead atoms. The molecule has 1 unspecified atom stereocenters. The number of rotatable bonds is 1. The Morgan fingerprint density at radius 2 is 1.42 bits per heavy atom. The maximum atomic E-state index is 2.45. The Kier molecular flexibility index (Phi) is 2.92. The molecule has 132 valence electrons. The van der Waals surface area contributed by atoms with E-state index >= 15 is 0 Å². The highest BCUT2D eigenvalue weighted by atomic mass is 15.0. The van der Waals surface area contributed by atoms with Gasteiger partial charge in [0.25, 0.3) is 0 Å². The molecule has 0 spiro atoms. The summed E-state index contributed by atoms with van der Waals surface area (Å²) in [5.41, 5.74) is 7.29. The Hall–Kier alpha value is -2.48. The number of fused-ring (bicyclic) bond motifs is 4. The molecule has 0 radical (unpaired) electrons. The summed E-state index contributed by atoms with van der Waals surface area (Å²) in [7, 11) is 4.41. The molecule has 1 aliphatic rings. The minimum absolute atomic E-state index is 0.00741. The normalized spacial score (nSPS) is 21.6. The van der Waals surface area contributed by atoms with E-state index in [9.17, 15) is 0 Å². The van der Waals surface area contributed by atoms with Gasteiger partial charge in [-0.1, -0.05) is 50.2 Å². The standard InChI is InChI=1S/C24H26N2/c1-23(2)15-24(3,18-14-25(4)19-12-8-6-10-16(18)19)22-21(23)17-11-7-9-13-20(17)26(22)5/h6-14H,15H2,1-5H3. The van der Waals surface area contributed by atoms with Gasteiger partial charge in [-0.3, -0.25) is 0 Å². The fourth-order valence-corrected chi connectivity index (χ4v) is 5.78. The molecule has 0 fully saturated rings. The molecule has 5 rings (SSSR count). The van der Waals surface area contributed by atoms with Crippen molar-refractivity contribution < 1.29 is 0 Å². The summed E-state index contributed by atoms with van der Waals surface area (Å²) in [5, 5.41) is 2.80. The average molecular weight is 342 g/mol. The zero-order valence-electron chi connectivity index (χ0n) is 16.3. The molecule has 2 heterocycles. The van der Waals surface area contributed by atoms with Crippen molar-refractivity contribution in [2.45, 2.75) is 38.0 Å². The van der Waals surface area contributed by atoms with Crippen molar-refractivity contribution in [1.82, 2.24) is 9.13 Å². The molecule has 2 aromatic heterocycles. The molecule has 0 saturated heterocycles. The van der Waals surface area contributed by atoms with E-state index in [1.54, 1.807) is 0 Å². The Balaban J connectivity index is 1.90. The van der Waals surface area contributed by atoms with E-state index in [2.05, 4.69) is 98.7 Å². The summed E-state index contributed by atoms with van der Waals surface area (Å²) < 4.78 is 4.73. The van der Waals surface area contributed by atoms with Gasteiger partial charge in [-0.05, 0) is 42.0 Å². The monoisotopic (exact) mass is 342 g/mol. The van der Waals surface area contributed by atoms with Gasteiger partial charge >= 0.3 is 0 Å². The fourth-order valence-electron chi connectivity index (χ4n) is 5.78. The van der Waals surface area contributed by atoms with Crippen molar-refractivity contribution in [3.8, 4) is 0 Å². The van der Waals surface area contributed by atoms with Crippen molar-refractivity contribution in [3.05, 3.63) is 71.5 Å². The van der Waals surface area contributed by atoms with Crippen LogP contribution >= 0.6 is 0 Å². The van der Waals surface area contributed by atoms with E-state index in [-0.39, 0.29) is 10.8 Å². The van der Waals surface area contributed by atoms with E-state index in [0.29, 0.717) is 0 Å². The number of hydrogen-bond donors (Lipinski definition) is 0. The van der Waals surface area contributed by atoms with Crippen molar-refractivity contribution in [2.24, 2.45) is 14.1 Å². The first-order valence-electron chi connectivity index (χ1n) is 9.47. The summed E-state index contributed by atoms with van der Waals surface area (Å²) in [6, 6.07) is 17.7. The van der Waals surface area contributed by atoms with Crippen LogP contribution in [0.2, 0.25) is 0 Å². The number of para-hydroxylation sites is 2. The smallest absolute Gasteiger partial charge is 0.0483 e. The van der Waals surface area contributed by atoms with Crippen molar-refractivity contribution in [1.29, 1.82) is 0 Å². The van der Waals surface area contributed by atoms with Gasteiger partial charge in [-0.25, -0.2) is 0 Å². The molecule has 26 heavy (non-hydrogen) atoms. The van der Waals surface area contributed by atoms with E-state index in [4.69, 9.17) is 0 Å². The van der Waals surface area contributed by atoms with Crippen LogP contribution in [0.3, 0.4) is 0 Å². The molecule has 0 amide bonds. The third-order valence-electron chi connectivity index (χ3n) is 6.59. The minimum Gasteiger partial charge on any atom is -0.350 e. The molecule has 4 aromatic rings. The molecule has 1 aliphatic carbocycles. The van der Waals surface area contributed by atoms with Crippen LogP contribution in [0.4, 0.5) is 0 Å². The largest absolute Gasteiger partial charge is 0.350 e. The van der Waals surface area contributed by atoms with Gasteiger partial charge in [0.05, 0.1) is 0 Å². The average Bonchev–Trinajstić information content (AvgIpc) is 3.19. The highest BCUT2D eigenvalue weighted by Gasteiger charge is 2.50. The second-order valence-electron chi connectivity index (χ2n) is 8.86. The summed E-state index contributed by atoms with van der Waals surface area (Å²) >= 11 is 0. The number of hydrogen-bond acceptors (Lipinski definition) is 0. The van der Waals surface area contributed by atoms with Crippen molar-refractivity contribution >= 4 is 21.8 Å². The van der Waals surface area contributed by atoms with Gasteiger partial charge in [-0.2, -0.15) is 0 Å². The predicted molar refractivity (Wildman–Crippen MR) is 110 cm³/mol. The molecule has 0 N–H and O–H groups in total. The number of aryl methyl sites for hydroxylation is 2. The number of aromatic nitrogens is 2. The lowest BCUT2D eigenvalue weighted by atomic mass is 9.75. The Morgan fingerprint density at radius 3 is 2.15 bits per heavy atom. The molecular formula is C24H26N2. The van der Waals surface area contributed by atoms with E-state index in [1.807, 2.05) is 0 Å². The van der Waals surface area contributed by atoms with Crippen LogP contribution in [-0.2, 0) is 24.9 Å². The Bertz CT molecular complexity index is 1170. The maximum absolute atomic E-state index is 2.45. The van der Waals surface area contributed by atoms with E-state index in [0.717, 1.165) is 6.42 Å². The lowest BCUT2D eigenvalue weighted by Crippen LogP contribution is -2.25. The van der Waals surface area contributed by atoms with E-state index in [1.165, 1.54) is 38.6 Å². The molecular weight excluding hydrogens is 316 g/mol. The summed E-state index contributed by atoms with van der Waals surface area (Å²) in [6.07, 6.45) is 3.49. The van der Waals surface area contributed by atoms with Crippen LogP contribution in [0.1, 0.15) is 44.0 Å². The molecule has 2 heteroatoms. The van der Waals surface area contributed by atoms with Crippen molar-refractivity contribution in [3.63, 3.8) is 0 Å². The van der Waals surface area contributed by atoms with Crippen LogP contribution in [-0.4, -0.2) is 9.13 Å². The van der Waals surface area contributed by atoms with Gasteiger partial charge in [-0.15, -0.1) is 0 Å². The minimum atomic E-state index is 0.00741. The first-order chi connectivity index (χ1) is 12.3. The van der Waals surface area contributed by atoms with Crippen LogP contribution < -0.4 is 0 Å². The topological polar surface area (TPSA) is 9.86 Å². The third kappa shape index (κ3) is 1.77. The fraction of sp³-hybridized carbons (Fsp3) is 0.333. The van der Waals surface area contributed by atoms with Crippen LogP contribution in [0.5, 0.6) is 0 Å².